The molecule has 0 amide bonds. The third-order valence-electron chi connectivity index (χ3n) is 2.82. The molecule has 5 N–H and O–H groups in total. The number of hydrogen-bond acceptors (Lipinski definition) is 5. The lowest BCUT2D eigenvalue weighted by Gasteiger charge is -2.30. The lowest BCUT2D eigenvalue weighted by molar-refractivity contribution is 0.150. The summed E-state index contributed by atoms with van der Waals surface area (Å²) >= 11 is 3.30. The molecular weight excluding hydrogens is 310 g/mol. The highest BCUT2D eigenvalue weighted by atomic mass is 79.9. The van der Waals surface area contributed by atoms with E-state index < -0.39 is 5.54 Å². The summed E-state index contributed by atoms with van der Waals surface area (Å²) in [5, 5.41) is 30.9. The summed E-state index contributed by atoms with van der Waals surface area (Å²) in [6, 6.07) is 5.04. The Labute approximate surface area is 121 Å². The van der Waals surface area contributed by atoms with Crippen LogP contribution >= 0.6 is 15.9 Å². The second kappa shape index (κ2) is 6.35. The van der Waals surface area contributed by atoms with Gasteiger partial charge < -0.3 is 21.3 Å². The summed E-state index contributed by atoms with van der Waals surface area (Å²) < 4.78 is 0.614. The molecule has 1 aromatic rings. The molecule has 5 nitrogen and oxygen atoms in total. The molecule has 104 valence electrons. The third kappa shape index (κ3) is 3.91. The molecule has 0 bridgehead atoms. The molecule has 0 aromatic heterocycles. The van der Waals surface area contributed by atoms with Crippen LogP contribution in [0, 0.1) is 11.3 Å². The molecule has 6 heteroatoms. The highest BCUT2D eigenvalue weighted by molar-refractivity contribution is 9.10. The Morgan fingerprint density at radius 1 is 1.47 bits per heavy atom. The van der Waals surface area contributed by atoms with Crippen molar-refractivity contribution in [3.8, 4) is 6.07 Å². The van der Waals surface area contributed by atoms with Crippen LogP contribution in [-0.2, 0) is 0 Å². The Balaban J connectivity index is 3.13. The van der Waals surface area contributed by atoms with Crippen molar-refractivity contribution in [2.45, 2.75) is 25.4 Å². The summed E-state index contributed by atoms with van der Waals surface area (Å²) in [7, 11) is 0. The number of hydrogen-bond donors (Lipinski definition) is 4. The lowest BCUT2D eigenvalue weighted by atomic mass is 9.99. The molecule has 0 heterocycles. The second-order valence-electron chi connectivity index (χ2n) is 5.00. The number of halogens is 1. The van der Waals surface area contributed by atoms with Crippen molar-refractivity contribution in [2.24, 2.45) is 0 Å². The van der Waals surface area contributed by atoms with E-state index >= 15 is 0 Å². The van der Waals surface area contributed by atoms with Gasteiger partial charge in [-0.2, -0.15) is 5.26 Å². The van der Waals surface area contributed by atoms with Crippen LogP contribution < -0.4 is 11.1 Å². The van der Waals surface area contributed by atoms with Gasteiger partial charge in [-0.25, -0.2) is 0 Å². The zero-order valence-corrected chi connectivity index (χ0v) is 12.5. The molecule has 1 aromatic carbocycles. The van der Waals surface area contributed by atoms with E-state index in [0.717, 1.165) is 5.56 Å². The first-order valence-electron chi connectivity index (χ1n) is 5.83. The van der Waals surface area contributed by atoms with Crippen LogP contribution in [0.3, 0.4) is 0 Å². The normalized spacial score (nSPS) is 13.1. The van der Waals surface area contributed by atoms with Crippen molar-refractivity contribution in [1.82, 2.24) is 5.32 Å². The number of nitrogens with zero attached hydrogens (tertiary/aromatic N) is 1. The minimum atomic E-state index is -0.534. The van der Waals surface area contributed by atoms with Gasteiger partial charge in [-0.3, -0.25) is 0 Å². The highest BCUT2D eigenvalue weighted by Gasteiger charge is 2.23. The number of rotatable bonds is 5. The smallest absolute Gasteiger partial charge is 0.101 e. The Bertz CT molecular complexity index is 497. The van der Waals surface area contributed by atoms with Crippen molar-refractivity contribution in [2.75, 3.05) is 18.9 Å². The van der Waals surface area contributed by atoms with Crippen molar-refractivity contribution in [3.63, 3.8) is 0 Å². The predicted octanol–water partition coefficient (Wildman–Crippen LogP) is 1.30. The van der Waals surface area contributed by atoms with E-state index in [2.05, 4.69) is 21.2 Å². The van der Waals surface area contributed by atoms with E-state index in [1.54, 1.807) is 12.1 Å². The van der Waals surface area contributed by atoms with Crippen molar-refractivity contribution in [1.29, 1.82) is 5.26 Å². The van der Waals surface area contributed by atoms with Gasteiger partial charge in [-0.1, -0.05) is 0 Å². The first kappa shape index (κ1) is 15.9. The topological polar surface area (TPSA) is 102 Å². The minimum Gasteiger partial charge on any atom is -0.397 e. The molecule has 0 aliphatic heterocycles. The number of anilines is 1. The molecule has 0 aliphatic rings. The lowest BCUT2D eigenvalue weighted by Crippen LogP contribution is -2.45. The largest absolute Gasteiger partial charge is 0.397 e. The first-order valence-corrected chi connectivity index (χ1v) is 6.62. The highest BCUT2D eigenvalue weighted by Crippen LogP contribution is 2.28. The summed E-state index contributed by atoms with van der Waals surface area (Å²) in [6.07, 6.45) is 0. The maximum absolute atomic E-state index is 9.49. The Hall–Kier alpha value is -1.13. The second-order valence-corrected chi connectivity index (χ2v) is 5.85. The van der Waals surface area contributed by atoms with Gasteiger partial charge in [0.15, 0.2) is 0 Å². The molecule has 0 aliphatic carbocycles. The van der Waals surface area contributed by atoms with Crippen LogP contribution in [0.15, 0.2) is 16.6 Å². The predicted molar refractivity (Wildman–Crippen MR) is 77.4 cm³/mol. The van der Waals surface area contributed by atoms with E-state index in [0.29, 0.717) is 15.7 Å². The molecule has 19 heavy (non-hydrogen) atoms. The molecule has 1 rings (SSSR count). The standard InChI is InChI=1S/C13H18BrN3O2/c1-13(2,7-19)17-11(6-18)8-3-9(5-15)12(16)10(14)4-8/h3-4,11,17-19H,6-7,16H2,1-2H3. The summed E-state index contributed by atoms with van der Waals surface area (Å²) in [5.74, 6) is 0. The number of nitrogens with one attached hydrogen (secondary N) is 1. The number of nitrogens with two attached hydrogens (primary N) is 1. The van der Waals surface area contributed by atoms with Crippen LogP contribution in [0.5, 0.6) is 0 Å². The molecular formula is C13H18BrN3O2. The molecule has 1 unspecified atom stereocenters. The number of nitriles is 1. The van der Waals surface area contributed by atoms with Crippen molar-refractivity contribution < 1.29 is 10.2 Å². The van der Waals surface area contributed by atoms with Gasteiger partial charge in [-0.15, -0.1) is 0 Å². The monoisotopic (exact) mass is 327 g/mol. The Kier molecular flexibility index (Phi) is 5.32. The van der Waals surface area contributed by atoms with Gasteiger partial charge in [0.25, 0.3) is 0 Å². The quantitative estimate of drug-likeness (QED) is 0.610. The third-order valence-corrected chi connectivity index (χ3v) is 3.47. The van der Waals surface area contributed by atoms with Crippen LogP contribution in [0.4, 0.5) is 5.69 Å². The van der Waals surface area contributed by atoms with Gasteiger partial charge in [0.2, 0.25) is 0 Å². The average molecular weight is 328 g/mol. The van der Waals surface area contributed by atoms with Gasteiger partial charge in [0.1, 0.15) is 6.07 Å². The fourth-order valence-corrected chi connectivity index (χ4v) is 2.16. The molecule has 0 saturated carbocycles. The number of aliphatic hydroxyl groups is 2. The fourth-order valence-electron chi connectivity index (χ4n) is 1.68. The van der Waals surface area contributed by atoms with E-state index in [1.165, 1.54) is 0 Å². The maximum Gasteiger partial charge on any atom is 0.101 e. The van der Waals surface area contributed by atoms with E-state index in [-0.39, 0.29) is 19.3 Å². The number of aliphatic hydroxyl groups excluding tert-OH is 2. The van der Waals surface area contributed by atoms with Crippen LogP contribution in [0.2, 0.25) is 0 Å². The van der Waals surface area contributed by atoms with Crippen LogP contribution in [0.1, 0.15) is 31.0 Å². The molecule has 1 atom stereocenters. The summed E-state index contributed by atoms with van der Waals surface area (Å²) in [6.45, 7) is 3.44. The van der Waals surface area contributed by atoms with Crippen LogP contribution in [0.25, 0.3) is 0 Å². The Morgan fingerprint density at radius 2 is 2.11 bits per heavy atom. The van der Waals surface area contributed by atoms with Crippen molar-refractivity contribution >= 4 is 21.6 Å². The Morgan fingerprint density at radius 3 is 2.58 bits per heavy atom. The van der Waals surface area contributed by atoms with E-state index in [4.69, 9.17) is 11.0 Å². The first-order chi connectivity index (χ1) is 8.84. The average Bonchev–Trinajstić information content (AvgIpc) is 2.39. The molecule has 0 saturated heterocycles. The van der Waals surface area contributed by atoms with E-state index in [9.17, 15) is 10.2 Å². The summed E-state index contributed by atoms with van der Waals surface area (Å²) in [5.41, 5.74) is 6.70. The van der Waals surface area contributed by atoms with Crippen LogP contribution in [-0.4, -0.2) is 29.0 Å². The zero-order valence-electron chi connectivity index (χ0n) is 10.9. The summed E-state index contributed by atoms with van der Waals surface area (Å²) in [4.78, 5) is 0. The van der Waals surface area contributed by atoms with Crippen molar-refractivity contribution in [3.05, 3.63) is 27.7 Å². The van der Waals surface area contributed by atoms with Gasteiger partial charge in [0, 0.05) is 10.0 Å². The van der Waals surface area contributed by atoms with Gasteiger partial charge in [0.05, 0.1) is 30.5 Å². The fraction of sp³-hybridized carbons (Fsp3) is 0.462. The molecule has 0 spiro atoms. The SMILES string of the molecule is CC(C)(CO)NC(CO)c1cc(Br)c(N)c(C#N)c1. The van der Waals surface area contributed by atoms with E-state index in [1.807, 2.05) is 19.9 Å². The molecule has 0 radical (unpaired) electrons. The molecule has 0 fully saturated rings. The number of benzene rings is 1. The minimum absolute atomic E-state index is 0.0647. The number of nitrogen functional groups attached to an aromatic ring is 1. The van der Waals surface area contributed by atoms with Gasteiger partial charge >= 0.3 is 0 Å². The van der Waals surface area contributed by atoms with Gasteiger partial charge in [-0.05, 0) is 47.5 Å². The zero-order chi connectivity index (χ0) is 14.6. The maximum atomic E-state index is 9.49.